The van der Waals surface area contributed by atoms with Gasteiger partial charge >= 0.3 is 0 Å². The summed E-state index contributed by atoms with van der Waals surface area (Å²) >= 11 is 2.63. The van der Waals surface area contributed by atoms with Crippen molar-refractivity contribution >= 4 is 39.8 Å². The SMILES string of the molecule is Nc1nnc(SCC(=O)N2c3ccccc3OC[C@H]2c2ccccc2)s1. The van der Waals surface area contributed by atoms with E-state index in [4.69, 9.17) is 10.5 Å². The van der Waals surface area contributed by atoms with Crippen molar-refractivity contribution in [2.75, 3.05) is 23.0 Å². The molecule has 0 aliphatic carbocycles. The van der Waals surface area contributed by atoms with Gasteiger partial charge in [-0.15, -0.1) is 10.2 Å². The Balaban J connectivity index is 1.62. The van der Waals surface area contributed by atoms with Crippen molar-refractivity contribution in [3.63, 3.8) is 0 Å². The molecule has 2 aromatic carbocycles. The maximum Gasteiger partial charge on any atom is 0.238 e. The van der Waals surface area contributed by atoms with Crippen molar-refractivity contribution in [3.05, 3.63) is 60.2 Å². The minimum Gasteiger partial charge on any atom is -0.489 e. The van der Waals surface area contributed by atoms with Crippen LogP contribution >= 0.6 is 23.1 Å². The summed E-state index contributed by atoms with van der Waals surface area (Å²) in [4.78, 5) is 14.9. The quantitative estimate of drug-likeness (QED) is 0.695. The van der Waals surface area contributed by atoms with E-state index in [0.29, 0.717) is 16.1 Å². The van der Waals surface area contributed by atoms with Crippen LogP contribution in [0.2, 0.25) is 0 Å². The van der Waals surface area contributed by atoms with Gasteiger partial charge in [-0.05, 0) is 17.7 Å². The van der Waals surface area contributed by atoms with E-state index in [1.54, 1.807) is 0 Å². The number of nitrogens with two attached hydrogens (primary N) is 1. The van der Waals surface area contributed by atoms with Crippen molar-refractivity contribution in [1.29, 1.82) is 0 Å². The molecule has 0 radical (unpaired) electrons. The fraction of sp³-hybridized carbons (Fsp3) is 0.167. The normalized spacial score (nSPS) is 16.0. The number of nitrogen functional groups attached to an aromatic ring is 1. The number of fused-ring (bicyclic) bond motifs is 1. The number of nitrogens with zero attached hydrogens (tertiary/aromatic N) is 3. The van der Waals surface area contributed by atoms with Gasteiger partial charge in [0.25, 0.3) is 0 Å². The fourth-order valence-corrected chi connectivity index (χ4v) is 4.39. The van der Waals surface area contributed by atoms with Crippen LogP contribution in [-0.4, -0.2) is 28.5 Å². The fourth-order valence-electron chi connectivity index (χ4n) is 2.89. The number of benzene rings is 2. The van der Waals surface area contributed by atoms with Crippen LogP contribution in [0.25, 0.3) is 0 Å². The van der Waals surface area contributed by atoms with E-state index >= 15 is 0 Å². The largest absolute Gasteiger partial charge is 0.489 e. The first-order valence-electron chi connectivity index (χ1n) is 8.03. The number of hydrogen-bond acceptors (Lipinski definition) is 7. The van der Waals surface area contributed by atoms with E-state index in [1.807, 2.05) is 59.5 Å². The molecule has 1 aliphatic rings. The number of carbonyl (C=O) groups excluding carboxylic acids is 1. The van der Waals surface area contributed by atoms with Gasteiger partial charge in [-0.3, -0.25) is 9.69 Å². The van der Waals surface area contributed by atoms with E-state index in [0.717, 1.165) is 17.0 Å². The molecule has 2 heterocycles. The van der Waals surface area contributed by atoms with Crippen molar-refractivity contribution in [3.8, 4) is 5.75 Å². The van der Waals surface area contributed by atoms with E-state index in [9.17, 15) is 4.79 Å². The molecular weight excluding hydrogens is 368 g/mol. The summed E-state index contributed by atoms with van der Waals surface area (Å²) in [6.07, 6.45) is 0. The third-order valence-corrected chi connectivity index (χ3v) is 5.90. The maximum atomic E-state index is 13.1. The summed E-state index contributed by atoms with van der Waals surface area (Å²) in [6.45, 7) is 0.420. The maximum absolute atomic E-state index is 13.1. The smallest absolute Gasteiger partial charge is 0.238 e. The molecule has 1 aliphatic heterocycles. The third kappa shape index (κ3) is 3.38. The lowest BCUT2D eigenvalue weighted by atomic mass is 10.0. The molecule has 132 valence electrons. The highest BCUT2D eigenvalue weighted by Crippen LogP contribution is 2.40. The molecule has 1 aromatic heterocycles. The van der Waals surface area contributed by atoms with E-state index in [-0.39, 0.29) is 17.7 Å². The van der Waals surface area contributed by atoms with Gasteiger partial charge in [-0.25, -0.2) is 0 Å². The number of aromatic nitrogens is 2. The zero-order chi connectivity index (χ0) is 17.9. The number of ether oxygens (including phenoxy) is 1. The van der Waals surface area contributed by atoms with Gasteiger partial charge in [-0.1, -0.05) is 65.6 Å². The summed E-state index contributed by atoms with van der Waals surface area (Å²) in [5, 5.41) is 8.15. The standard InChI is InChI=1S/C18H16N4O2S2/c19-17-20-21-18(26-17)25-11-16(23)22-13-8-4-5-9-15(13)24-10-14(22)12-6-2-1-3-7-12/h1-9,14H,10-11H2,(H2,19,20)/t14-/m0/s1. The summed E-state index contributed by atoms with van der Waals surface area (Å²) in [5.41, 5.74) is 7.44. The molecule has 0 saturated heterocycles. The van der Waals surface area contributed by atoms with Gasteiger partial charge < -0.3 is 10.5 Å². The Bertz CT molecular complexity index is 916. The van der Waals surface area contributed by atoms with Crippen LogP contribution < -0.4 is 15.4 Å². The second kappa shape index (κ2) is 7.35. The Morgan fingerprint density at radius 1 is 1.19 bits per heavy atom. The minimum absolute atomic E-state index is 0.00613. The van der Waals surface area contributed by atoms with Gasteiger partial charge in [0, 0.05) is 0 Å². The van der Waals surface area contributed by atoms with Gasteiger partial charge in [0.2, 0.25) is 11.0 Å². The number of para-hydroxylation sites is 2. The molecule has 6 nitrogen and oxygen atoms in total. The third-order valence-electron chi connectivity index (χ3n) is 4.03. The Morgan fingerprint density at radius 3 is 2.73 bits per heavy atom. The topological polar surface area (TPSA) is 81.3 Å². The zero-order valence-corrected chi connectivity index (χ0v) is 15.4. The van der Waals surface area contributed by atoms with E-state index < -0.39 is 0 Å². The lowest BCUT2D eigenvalue weighted by Crippen LogP contribution is -2.42. The Morgan fingerprint density at radius 2 is 1.96 bits per heavy atom. The minimum atomic E-state index is -0.168. The second-order valence-electron chi connectivity index (χ2n) is 5.66. The summed E-state index contributed by atoms with van der Waals surface area (Å²) in [5.74, 6) is 0.971. The molecular formula is C18H16N4O2S2. The van der Waals surface area contributed by atoms with Crippen molar-refractivity contribution in [2.24, 2.45) is 0 Å². The number of anilines is 2. The Kier molecular flexibility index (Phi) is 4.77. The lowest BCUT2D eigenvalue weighted by Gasteiger charge is -2.37. The molecule has 0 unspecified atom stereocenters. The highest BCUT2D eigenvalue weighted by atomic mass is 32.2. The molecule has 3 aromatic rings. The molecule has 2 N–H and O–H groups in total. The first-order chi connectivity index (χ1) is 12.7. The highest BCUT2D eigenvalue weighted by Gasteiger charge is 2.33. The van der Waals surface area contributed by atoms with Crippen LogP contribution in [0.1, 0.15) is 11.6 Å². The highest BCUT2D eigenvalue weighted by molar-refractivity contribution is 8.01. The van der Waals surface area contributed by atoms with Crippen LogP contribution in [0.5, 0.6) is 5.75 Å². The number of thioether (sulfide) groups is 1. The summed E-state index contributed by atoms with van der Waals surface area (Å²) in [7, 11) is 0. The molecule has 0 fully saturated rings. The number of amides is 1. The first-order valence-corrected chi connectivity index (χ1v) is 9.83. The molecule has 1 amide bonds. The summed E-state index contributed by atoms with van der Waals surface area (Å²) < 4.78 is 6.59. The van der Waals surface area contributed by atoms with Crippen LogP contribution in [0.3, 0.4) is 0 Å². The second-order valence-corrected chi connectivity index (χ2v) is 7.90. The number of rotatable bonds is 4. The molecule has 1 atom stereocenters. The van der Waals surface area contributed by atoms with Crippen LogP contribution in [0.15, 0.2) is 58.9 Å². The average molecular weight is 384 g/mol. The lowest BCUT2D eigenvalue weighted by molar-refractivity contribution is -0.117. The van der Waals surface area contributed by atoms with Crippen LogP contribution in [-0.2, 0) is 4.79 Å². The molecule has 8 heteroatoms. The molecule has 4 rings (SSSR count). The van der Waals surface area contributed by atoms with Gasteiger partial charge in [-0.2, -0.15) is 0 Å². The monoisotopic (exact) mass is 384 g/mol. The van der Waals surface area contributed by atoms with Gasteiger partial charge in [0.1, 0.15) is 12.4 Å². The number of carbonyl (C=O) groups is 1. The summed E-state index contributed by atoms with van der Waals surface area (Å²) in [6, 6.07) is 17.4. The van der Waals surface area contributed by atoms with E-state index in [2.05, 4.69) is 10.2 Å². The Labute approximate surface area is 159 Å². The zero-order valence-electron chi connectivity index (χ0n) is 13.7. The van der Waals surface area contributed by atoms with Gasteiger partial charge in [0.15, 0.2) is 4.34 Å². The van der Waals surface area contributed by atoms with Crippen molar-refractivity contribution in [2.45, 2.75) is 10.4 Å². The molecule has 0 bridgehead atoms. The average Bonchev–Trinajstić information content (AvgIpc) is 3.11. The van der Waals surface area contributed by atoms with Gasteiger partial charge in [0.05, 0.1) is 17.5 Å². The Hall–Kier alpha value is -2.58. The van der Waals surface area contributed by atoms with Crippen molar-refractivity contribution in [1.82, 2.24) is 10.2 Å². The van der Waals surface area contributed by atoms with E-state index in [1.165, 1.54) is 23.1 Å². The predicted molar refractivity (Wildman–Crippen MR) is 104 cm³/mol. The first kappa shape index (κ1) is 16.9. The number of hydrogen-bond donors (Lipinski definition) is 1. The molecule has 0 spiro atoms. The molecule has 0 saturated carbocycles. The predicted octanol–water partition coefficient (Wildman–Crippen LogP) is 3.38. The van der Waals surface area contributed by atoms with Crippen LogP contribution in [0.4, 0.5) is 10.8 Å². The van der Waals surface area contributed by atoms with Crippen molar-refractivity contribution < 1.29 is 9.53 Å². The molecule has 26 heavy (non-hydrogen) atoms. The van der Waals surface area contributed by atoms with Crippen LogP contribution in [0, 0.1) is 0 Å².